The number of nitrogens with zero attached hydrogens (tertiary/aromatic N) is 2. The van der Waals surface area contributed by atoms with Crippen molar-refractivity contribution >= 4 is 17.6 Å². The first-order chi connectivity index (χ1) is 10.8. The zero-order chi connectivity index (χ0) is 17.1. The number of amides is 1. The predicted molar refractivity (Wildman–Crippen MR) is 78.9 cm³/mol. The molecule has 0 fully saturated rings. The second-order valence-corrected chi connectivity index (χ2v) is 4.60. The standard InChI is InChI=1S/C14H11N3O6/c15-12(18)7-16-11(6-5-10(13(16)19)14(20)21)8-1-3-9(4-2-8)17(22)23/h1-6H,7H2,(H2,15,18)(H,20,21). The molecule has 118 valence electrons. The second-order valence-electron chi connectivity index (χ2n) is 4.60. The molecule has 0 aliphatic rings. The number of hydrogen-bond acceptors (Lipinski definition) is 5. The quantitative estimate of drug-likeness (QED) is 0.610. The van der Waals surface area contributed by atoms with Crippen LogP contribution in [0.4, 0.5) is 5.69 Å². The molecule has 0 aliphatic carbocycles. The van der Waals surface area contributed by atoms with Gasteiger partial charge in [-0.2, -0.15) is 0 Å². The van der Waals surface area contributed by atoms with E-state index in [9.17, 15) is 24.5 Å². The van der Waals surface area contributed by atoms with Crippen molar-refractivity contribution < 1.29 is 19.6 Å². The Hall–Kier alpha value is -3.49. The highest BCUT2D eigenvalue weighted by molar-refractivity contribution is 5.87. The van der Waals surface area contributed by atoms with Crippen LogP contribution in [0.5, 0.6) is 0 Å². The molecule has 1 aromatic carbocycles. The molecule has 0 radical (unpaired) electrons. The summed E-state index contributed by atoms with van der Waals surface area (Å²) in [6.45, 7) is -0.508. The number of hydrogen-bond donors (Lipinski definition) is 2. The summed E-state index contributed by atoms with van der Waals surface area (Å²) >= 11 is 0. The van der Waals surface area contributed by atoms with Gasteiger partial charge in [0.2, 0.25) is 5.91 Å². The van der Waals surface area contributed by atoms with E-state index in [0.717, 1.165) is 10.6 Å². The minimum atomic E-state index is -1.43. The SMILES string of the molecule is NC(=O)Cn1c(-c2ccc([N+](=O)[O-])cc2)ccc(C(=O)O)c1=O. The molecule has 1 aromatic heterocycles. The van der Waals surface area contributed by atoms with Gasteiger partial charge >= 0.3 is 5.97 Å². The average molecular weight is 317 g/mol. The molecule has 1 amide bonds. The minimum Gasteiger partial charge on any atom is -0.477 e. The first-order valence-corrected chi connectivity index (χ1v) is 6.31. The summed E-state index contributed by atoms with van der Waals surface area (Å²) in [5.41, 5.74) is 4.21. The zero-order valence-corrected chi connectivity index (χ0v) is 11.6. The summed E-state index contributed by atoms with van der Waals surface area (Å²) in [6.07, 6.45) is 0. The lowest BCUT2D eigenvalue weighted by Crippen LogP contribution is -2.32. The number of carboxylic acid groups (broad SMARTS) is 1. The van der Waals surface area contributed by atoms with E-state index in [1.54, 1.807) is 0 Å². The number of pyridine rings is 1. The fourth-order valence-electron chi connectivity index (χ4n) is 2.06. The topological polar surface area (TPSA) is 146 Å². The van der Waals surface area contributed by atoms with Gasteiger partial charge in [0.05, 0.1) is 10.6 Å². The van der Waals surface area contributed by atoms with Crippen LogP contribution in [0.1, 0.15) is 10.4 Å². The maximum absolute atomic E-state index is 12.2. The summed E-state index contributed by atoms with van der Waals surface area (Å²) in [5, 5.41) is 19.6. The van der Waals surface area contributed by atoms with Crippen molar-refractivity contribution in [3.05, 3.63) is 62.4 Å². The largest absolute Gasteiger partial charge is 0.477 e. The van der Waals surface area contributed by atoms with Gasteiger partial charge in [-0.3, -0.25) is 24.3 Å². The third-order valence-electron chi connectivity index (χ3n) is 3.09. The van der Waals surface area contributed by atoms with Crippen molar-refractivity contribution in [1.82, 2.24) is 4.57 Å². The summed E-state index contributed by atoms with van der Waals surface area (Å²) in [4.78, 5) is 44.4. The van der Waals surface area contributed by atoms with Crippen LogP contribution in [0.2, 0.25) is 0 Å². The van der Waals surface area contributed by atoms with Crippen LogP contribution in [0, 0.1) is 10.1 Å². The lowest BCUT2D eigenvalue weighted by molar-refractivity contribution is -0.384. The Morgan fingerprint density at radius 2 is 1.78 bits per heavy atom. The molecule has 2 aromatic rings. The van der Waals surface area contributed by atoms with E-state index < -0.39 is 34.5 Å². The average Bonchev–Trinajstić information content (AvgIpc) is 2.48. The Balaban J connectivity index is 2.63. The zero-order valence-electron chi connectivity index (χ0n) is 11.6. The Morgan fingerprint density at radius 3 is 2.26 bits per heavy atom. The van der Waals surface area contributed by atoms with Gasteiger partial charge in [-0.25, -0.2) is 4.79 Å². The van der Waals surface area contributed by atoms with Crippen LogP contribution < -0.4 is 11.3 Å². The molecule has 0 unspecified atom stereocenters. The van der Waals surface area contributed by atoms with Gasteiger partial charge in [-0.15, -0.1) is 0 Å². The molecule has 0 aliphatic heterocycles. The highest BCUT2D eigenvalue weighted by Crippen LogP contribution is 2.22. The number of nitrogens with two attached hydrogens (primary N) is 1. The molecule has 23 heavy (non-hydrogen) atoms. The fraction of sp³-hybridized carbons (Fsp3) is 0.0714. The monoisotopic (exact) mass is 317 g/mol. The number of carbonyl (C=O) groups is 2. The Kier molecular flexibility index (Phi) is 4.21. The van der Waals surface area contributed by atoms with Crippen LogP contribution in [0.25, 0.3) is 11.3 Å². The molecule has 0 saturated heterocycles. The fourth-order valence-corrected chi connectivity index (χ4v) is 2.06. The lowest BCUT2D eigenvalue weighted by atomic mass is 10.1. The summed E-state index contributed by atoms with van der Waals surface area (Å²) in [5.74, 6) is -2.25. The van der Waals surface area contributed by atoms with Crippen LogP contribution >= 0.6 is 0 Å². The van der Waals surface area contributed by atoms with Crippen molar-refractivity contribution in [2.45, 2.75) is 6.54 Å². The number of aromatic nitrogens is 1. The third kappa shape index (κ3) is 3.23. The highest BCUT2D eigenvalue weighted by Gasteiger charge is 2.17. The van der Waals surface area contributed by atoms with Crippen LogP contribution in [-0.2, 0) is 11.3 Å². The summed E-state index contributed by atoms with van der Waals surface area (Å²) < 4.78 is 0.924. The van der Waals surface area contributed by atoms with E-state index in [2.05, 4.69) is 0 Å². The molecular weight excluding hydrogens is 306 g/mol. The highest BCUT2D eigenvalue weighted by atomic mass is 16.6. The summed E-state index contributed by atoms with van der Waals surface area (Å²) in [7, 11) is 0. The van der Waals surface area contributed by atoms with E-state index in [-0.39, 0.29) is 11.4 Å². The van der Waals surface area contributed by atoms with Gasteiger partial charge in [0.15, 0.2) is 0 Å². The number of carboxylic acids is 1. The van der Waals surface area contributed by atoms with Crippen LogP contribution in [0.3, 0.4) is 0 Å². The van der Waals surface area contributed by atoms with Crippen molar-refractivity contribution in [2.75, 3.05) is 0 Å². The molecule has 9 heteroatoms. The van der Waals surface area contributed by atoms with Crippen LogP contribution in [0.15, 0.2) is 41.2 Å². The maximum atomic E-state index is 12.2. The first kappa shape index (κ1) is 15.9. The number of nitro benzene ring substituents is 1. The normalized spacial score (nSPS) is 10.3. The predicted octanol–water partition coefficient (Wildman–Crippen LogP) is 0.607. The van der Waals surface area contributed by atoms with Gasteiger partial charge in [0.25, 0.3) is 11.2 Å². The molecule has 3 N–H and O–H groups in total. The molecule has 1 heterocycles. The lowest BCUT2D eigenvalue weighted by Gasteiger charge is -2.12. The Labute approximate surface area is 128 Å². The molecule has 0 bridgehead atoms. The molecule has 0 atom stereocenters. The first-order valence-electron chi connectivity index (χ1n) is 6.31. The number of carbonyl (C=O) groups excluding carboxylic acids is 1. The van der Waals surface area contributed by atoms with Crippen molar-refractivity contribution in [3.63, 3.8) is 0 Å². The van der Waals surface area contributed by atoms with Crippen LogP contribution in [-0.4, -0.2) is 26.5 Å². The van der Waals surface area contributed by atoms with Gasteiger partial charge in [0.1, 0.15) is 12.1 Å². The van der Waals surface area contributed by atoms with E-state index in [1.165, 1.54) is 30.3 Å². The minimum absolute atomic E-state index is 0.139. The molecule has 9 nitrogen and oxygen atoms in total. The van der Waals surface area contributed by atoms with E-state index in [0.29, 0.717) is 5.56 Å². The van der Waals surface area contributed by atoms with Crippen molar-refractivity contribution in [2.24, 2.45) is 5.73 Å². The number of nitro groups is 1. The van der Waals surface area contributed by atoms with E-state index in [1.807, 2.05) is 0 Å². The smallest absolute Gasteiger partial charge is 0.341 e. The van der Waals surface area contributed by atoms with Gasteiger partial charge in [0, 0.05) is 12.1 Å². The molecule has 0 saturated carbocycles. The van der Waals surface area contributed by atoms with Crippen molar-refractivity contribution in [1.29, 1.82) is 0 Å². The van der Waals surface area contributed by atoms with E-state index >= 15 is 0 Å². The number of benzene rings is 1. The van der Waals surface area contributed by atoms with E-state index in [4.69, 9.17) is 10.8 Å². The molecular formula is C14H11N3O6. The summed E-state index contributed by atoms with van der Waals surface area (Å²) in [6, 6.07) is 7.71. The maximum Gasteiger partial charge on any atom is 0.341 e. The number of rotatable bonds is 5. The Bertz CT molecular complexity index is 854. The molecule has 0 spiro atoms. The second kappa shape index (κ2) is 6.10. The van der Waals surface area contributed by atoms with Crippen molar-refractivity contribution in [3.8, 4) is 11.3 Å². The van der Waals surface area contributed by atoms with Gasteiger partial charge < -0.3 is 10.8 Å². The number of aromatic carboxylic acids is 1. The van der Waals surface area contributed by atoms with Gasteiger partial charge in [-0.1, -0.05) is 0 Å². The number of primary amides is 1. The molecule has 2 rings (SSSR count). The number of non-ortho nitro benzene ring substituents is 1. The Morgan fingerprint density at radius 1 is 1.17 bits per heavy atom. The third-order valence-corrected chi connectivity index (χ3v) is 3.09. The van der Waals surface area contributed by atoms with Gasteiger partial charge in [-0.05, 0) is 29.8 Å².